The Balaban J connectivity index is 4.21. The Morgan fingerprint density at radius 3 is 2.31 bits per heavy atom. The largest absolute Gasteiger partial charge is 0.396 e. The number of rotatable bonds is 6. The normalized spacial score (nSPS) is 13.6. The Bertz CT molecular complexity index is 208. The number of carbonyl (C=O) groups excluding carboxylic acids is 1. The lowest BCUT2D eigenvalue weighted by Crippen LogP contribution is -2.35. The van der Waals surface area contributed by atoms with Gasteiger partial charge in [0.05, 0.1) is 0 Å². The molecule has 0 heterocycles. The van der Waals surface area contributed by atoms with E-state index < -0.39 is 0 Å². The van der Waals surface area contributed by atoms with Gasteiger partial charge in [0.15, 0.2) is 0 Å². The summed E-state index contributed by atoms with van der Waals surface area (Å²) in [5, 5.41) is 8.77. The first-order valence-corrected chi connectivity index (χ1v) is 6.21. The van der Waals surface area contributed by atoms with Crippen LogP contribution in [0.25, 0.3) is 0 Å². The van der Waals surface area contributed by atoms with Gasteiger partial charge in [-0.2, -0.15) is 0 Å². The number of aliphatic hydroxyl groups is 1. The van der Waals surface area contributed by atoms with Crippen LogP contribution in [0.15, 0.2) is 0 Å². The molecule has 0 rings (SSSR count). The zero-order chi connectivity index (χ0) is 12.8. The van der Waals surface area contributed by atoms with E-state index in [2.05, 4.69) is 27.7 Å². The molecule has 3 heteroatoms. The van der Waals surface area contributed by atoms with E-state index in [1.165, 1.54) is 0 Å². The minimum Gasteiger partial charge on any atom is -0.396 e. The maximum atomic E-state index is 12.0. The van der Waals surface area contributed by atoms with Crippen LogP contribution in [0.4, 0.5) is 0 Å². The van der Waals surface area contributed by atoms with E-state index in [1.807, 2.05) is 11.8 Å². The maximum absolute atomic E-state index is 12.0. The highest BCUT2D eigenvalue weighted by Gasteiger charge is 2.24. The molecule has 1 unspecified atom stereocenters. The van der Waals surface area contributed by atoms with E-state index in [0.29, 0.717) is 25.3 Å². The molecule has 0 saturated carbocycles. The number of carbonyl (C=O) groups is 1. The zero-order valence-corrected chi connectivity index (χ0v) is 11.4. The van der Waals surface area contributed by atoms with Gasteiger partial charge in [-0.1, -0.05) is 27.7 Å². The third kappa shape index (κ3) is 5.50. The standard InChI is InChI=1S/C13H27NO2/c1-6-14(8-7-9-15)12(16)10-11(2)13(3,4)5/h11,15H,6-10H2,1-5H3. The van der Waals surface area contributed by atoms with Crippen molar-refractivity contribution in [1.82, 2.24) is 4.90 Å². The predicted molar refractivity (Wildman–Crippen MR) is 67.2 cm³/mol. The first kappa shape index (κ1) is 15.4. The topological polar surface area (TPSA) is 40.5 Å². The van der Waals surface area contributed by atoms with Crippen molar-refractivity contribution >= 4 is 5.91 Å². The van der Waals surface area contributed by atoms with Crippen molar-refractivity contribution in [2.45, 2.75) is 47.5 Å². The number of nitrogens with zero attached hydrogens (tertiary/aromatic N) is 1. The van der Waals surface area contributed by atoms with Gasteiger partial charge in [-0.25, -0.2) is 0 Å². The smallest absolute Gasteiger partial charge is 0.222 e. The van der Waals surface area contributed by atoms with Crippen LogP contribution >= 0.6 is 0 Å². The second kappa shape index (κ2) is 6.89. The van der Waals surface area contributed by atoms with E-state index in [0.717, 1.165) is 6.54 Å². The molecule has 3 nitrogen and oxygen atoms in total. The van der Waals surface area contributed by atoms with Gasteiger partial charge in [0.25, 0.3) is 0 Å². The van der Waals surface area contributed by atoms with Gasteiger partial charge in [0, 0.05) is 26.1 Å². The van der Waals surface area contributed by atoms with E-state index >= 15 is 0 Å². The third-order valence-corrected chi connectivity index (χ3v) is 3.28. The van der Waals surface area contributed by atoms with E-state index in [4.69, 9.17) is 5.11 Å². The average molecular weight is 229 g/mol. The second-order valence-corrected chi connectivity index (χ2v) is 5.52. The number of amides is 1. The molecule has 0 radical (unpaired) electrons. The van der Waals surface area contributed by atoms with Crippen LogP contribution in [0, 0.1) is 11.3 Å². The van der Waals surface area contributed by atoms with Crippen LogP contribution in [0.5, 0.6) is 0 Å². The number of hydrogen-bond acceptors (Lipinski definition) is 2. The second-order valence-electron chi connectivity index (χ2n) is 5.52. The van der Waals surface area contributed by atoms with Gasteiger partial charge in [0.2, 0.25) is 5.91 Å². The van der Waals surface area contributed by atoms with Crippen molar-refractivity contribution in [3.05, 3.63) is 0 Å². The molecule has 1 N–H and O–H groups in total. The Morgan fingerprint density at radius 1 is 1.38 bits per heavy atom. The lowest BCUT2D eigenvalue weighted by molar-refractivity contribution is -0.132. The number of hydrogen-bond donors (Lipinski definition) is 1. The SMILES string of the molecule is CCN(CCCO)C(=O)CC(C)C(C)(C)C. The molecular weight excluding hydrogens is 202 g/mol. The highest BCUT2D eigenvalue weighted by atomic mass is 16.3. The molecule has 96 valence electrons. The van der Waals surface area contributed by atoms with Crippen LogP contribution in [0.1, 0.15) is 47.5 Å². The fraction of sp³-hybridized carbons (Fsp3) is 0.923. The van der Waals surface area contributed by atoms with Gasteiger partial charge < -0.3 is 10.0 Å². The molecule has 1 amide bonds. The van der Waals surface area contributed by atoms with Gasteiger partial charge in [0.1, 0.15) is 0 Å². The molecule has 0 spiro atoms. The minimum atomic E-state index is 0.151. The Kier molecular flexibility index (Phi) is 6.65. The van der Waals surface area contributed by atoms with Gasteiger partial charge in [-0.3, -0.25) is 4.79 Å². The van der Waals surface area contributed by atoms with E-state index in [9.17, 15) is 4.79 Å². The first-order chi connectivity index (χ1) is 7.32. The van der Waals surface area contributed by atoms with E-state index in [-0.39, 0.29) is 17.9 Å². The quantitative estimate of drug-likeness (QED) is 0.759. The van der Waals surface area contributed by atoms with Crippen LogP contribution in [0.2, 0.25) is 0 Å². The van der Waals surface area contributed by atoms with Crippen molar-refractivity contribution in [1.29, 1.82) is 0 Å². The Hall–Kier alpha value is -0.570. The molecule has 0 aromatic carbocycles. The first-order valence-electron chi connectivity index (χ1n) is 6.21. The fourth-order valence-corrected chi connectivity index (χ4v) is 1.42. The third-order valence-electron chi connectivity index (χ3n) is 3.28. The summed E-state index contributed by atoms with van der Waals surface area (Å²) < 4.78 is 0. The highest BCUT2D eigenvalue weighted by molar-refractivity contribution is 5.76. The molecule has 0 bridgehead atoms. The lowest BCUT2D eigenvalue weighted by Gasteiger charge is -2.29. The van der Waals surface area contributed by atoms with E-state index in [1.54, 1.807) is 0 Å². The minimum absolute atomic E-state index is 0.151. The van der Waals surface area contributed by atoms with Gasteiger partial charge >= 0.3 is 0 Å². The predicted octanol–water partition coefficient (Wildman–Crippen LogP) is 2.29. The lowest BCUT2D eigenvalue weighted by atomic mass is 9.80. The monoisotopic (exact) mass is 229 g/mol. The summed E-state index contributed by atoms with van der Waals surface area (Å²) in [5.41, 5.74) is 0.173. The summed E-state index contributed by atoms with van der Waals surface area (Å²) in [6, 6.07) is 0. The summed E-state index contributed by atoms with van der Waals surface area (Å²) >= 11 is 0. The summed E-state index contributed by atoms with van der Waals surface area (Å²) in [6.45, 7) is 12.1. The van der Waals surface area contributed by atoms with Crippen molar-refractivity contribution in [3.8, 4) is 0 Å². The highest BCUT2D eigenvalue weighted by Crippen LogP contribution is 2.28. The van der Waals surface area contributed by atoms with Crippen molar-refractivity contribution < 1.29 is 9.90 Å². The average Bonchev–Trinajstić information content (AvgIpc) is 2.17. The van der Waals surface area contributed by atoms with Crippen LogP contribution in [0.3, 0.4) is 0 Å². The van der Waals surface area contributed by atoms with Crippen LogP contribution in [-0.2, 0) is 4.79 Å². The molecule has 16 heavy (non-hydrogen) atoms. The summed E-state index contributed by atoms with van der Waals surface area (Å²) in [6.07, 6.45) is 1.27. The van der Waals surface area contributed by atoms with Crippen molar-refractivity contribution in [3.63, 3.8) is 0 Å². The zero-order valence-electron chi connectivity index (χ0n) is 11.4. The molecule has 0 aliphatic carbocycles. The Labute approximate surface area is 99.8 Å². The molecule has 0 fully saturated rings. The summed E-state index contributed by atoms with van der Waals surface area (Å²) in [7, 11) is 0. The maximum Gasteiger partial charge on any atom is 0.222 e. The molecule has 0 aliphatic rings. The van der Waals surface area contributed by atoms with Crippen LogP contribution < -0.4 is 0 Å². The van der Waals surface area contributed by atoms with Gasteiger partial charge in [-0.15, -0.1) is 0 Å². The fourth-order valence-electron chi connectivity index (χ4n) is 1.42. The van der Waals surface area contributed by atoms with Crippen molar-refractivity contribution in [2.24, 2.45) is 11.3 Å². The summed E-state index contributed by atoms with van der Waals surface area (Å²) in [5.74, 6) is 0.585. The number of aliphatic hydroxyl groups excluding tert-OH is 1. The molecule has 0 aromatic heterocycles. The molecule has 0 saturated heterocycles. The molecular formula is C13H27NO2. The molecule has 0 aliphatic heterocycles. The Morgan fingerprint density at radius 2 is 1.94 bits per heavy atom. The van der Waals surface area contributed by atoms with Gasteiger partial charge in [-0.05, 0) is 24.7 Å². The van der Waals surface area contributed by atoms with Crippen molar-refractivity contribution in [2.75, 3.05) is 19.7 Å². The van der Waals surface area contributed by atoms with Crippen LogP contribution in [-0.4, -0.2) is 35.6 Å². The molecule has 1 atom stereocenters. The summed E-state index contributed by atoms with van der Waals surface area (Å²) in [4.78, 5) is 13.8. The molecule has 0 aromatic rings.